The first-order valence-corrected chi connectivity index (χ1v) is 7.07. The topological polar surface area (TPSA) is 79.5 Å². The van der Waals surface area contributed by atoms with Crippen molar-refractivity contribution in [2.75, 3.05) is 0 Å². The first-order valence-electron chi connectivity index (χ1n) is 7.07. The van der Waals surface area contributed by atoms with Crippen molar-refractivity contribution in [3.05, 3.63) is 59.0 Å². The number of carboxylic acids is 1. The number of benzene rings is 1. The highest BCUT2D eigenvalue weighted by atomic mass is 16.4. The smallest absolute Gasteiger partial charge is 0.338 e. The van der Waals surface area contributed by atoms with Crippen molar-refractivity contribution < 1.29 is 19.1 Å². The Hall–Kier alpha value is -2.56. The number of carboxylic acid groups (broad SMARTS) is 1. The largest absolute Gasteiger partial charge is 0.478 e. The number of aryl methyl sites for hydroxylation is 1. The number of carbonyl (C=O) groups is 2. The van der Waals surface area contributed by atoms with Crippen LogP contribution in [0, 0.1) is 0 Å². The number of rotatable bonds is 5. The summed E-state index contributed by atoms with van der Waals surface area (Å²) < 4.78 is 5.01. The predicted molar refractivity (Wildman–Crippen MR) is 82.0 cm³/mol. The third-order valence-corrected chi connectivity index (χ3v) is 3.58. The molecule has 5 nitrogen and oxygen atoms in total. The second-order valence-corrected chi connectivity index (χ2v) is 5.63. The minimum absolute atomic E-state index is 0.0179. The van der Waals surface area contributed by atoms with E-state index in [0.717, 1.165) is 18.2 Å². The quantitative estimate of drug-likeness (QED) is 0.888. The molecule has 5 heteroatoms. The van der Waals surface area contributed by atoms with E-state index in [1.165, 1.54) is 11.6 Å². The SMILES string of the molecule is CCc1ccc(C(C)(C)NC(=O)c2cc(C(=O)O)co2)cc1. The van der Waals surface area contributed by atoms with Gasteiger partial charge in [0.25, 0.3) is 5.91 Å². The van der Waals surface area contributed by atoms with Gasteiger partial charge in [-0.2, -0.15) is 0 Å². The van der Waals surface area contributed by atoms with Gasteiger partial charge in [-0.05, 0) is 31.4 Å². The molecule has 0 radical (unpaired) electrons. The van der Waals surface area contributed by atoms with Gasteiger partial charge < -0.3 is 14.8 Å². The van der Waals surface area contributed by atoms with Gasteiger partial charge in [-0.15, -0.1) is 0 Å². The molecule has 0 aliphatic heterocycles. The van der Waals surface area contributed by atoms with Gasteiger partial charge in [0, 0.05) is 6.07 Å². The molecule has 1 heterocycles. The highest BCUT2D eigenvalue weighted by Gasteiger charge is 2.25. The predicted octanol–water partition coefficient (Wildman–Crippen LogP) is 3.21. The Morgan fingerprint density at radius 1 is 1.23 bits per heavy atom. The van der Waals surface area contributed by atoms with Crippen LogP contribution in [0.2, 0.25) is 0 Å². The van der Waals surface area contributed by atoms with Crippen LogP contribution in [0.5, 0.6) is 0 Å². The summed E-state index contributed by atoms with van der Waals surface area (Å²) in [6, 6.07) is 9.22. The average Bonchev–Trinajstić information content (AvgIpc) is 2.97. The molecule has 22 heavy (non-hydrogen) atoms. The van der Waals surface area contributed by atoms with Crippen molar-refractivity contribution >= 4 is 11.9 Å². The van der Waals surface area contributed by atoms with Gasteiger partial charge in [0.15, 0.2) is 5.76 Å². The van der Waals surface area contributed by atoms with Crippen molar-refractivity contribution in [2.24, 2.45) is 0 Å². The first kappa shape index (κ1) is 15.8. The first-order chi connectivity index (χ1) is 10.3. The molecule has 2 aromatic rings. The van der Waals surface area contributed by atoms with Gasteiger partial charge in [0.1, 0.15) is 6.26 Å². The summed E-state index contributed by atoms with van der Waals surface area (Å²) in [5, 5.41) is 11.7. The second kappa shape index (κ2) is 6.05. The molecule has 2 N–H and O–H groups in total. The Morgan fingerprint density at radius 2 is 1.86 bits per heavy atom. The van der Waals surface area contributed by atoms with Crippen molar-refractivity contribution in [2.45, 2.75) is 32.7 Å². The molecule has 1 amide bonds. The molecule has 0 saturated heterocycles. The van der Waals surface area contributed by atoms with Crippen LogP contribution in [0.15, 0.2) is 41.0 Å². The van der Waals surface area contributed by atoms with E-state index in [-0.39, 0.29) is 11.3 Å². The molecule has 0 fully saturated rings. The lowest BCUT2D eigenvalue weighted by atomic mass is 9.93. The van der Waals surface area contributed by atoms with Crippen molar-refractivity contribution in [1.82, 2.24) is 5.32 Å². The highest BCUT2D eigenvalue weighted by molar-refractivity contribution is 5.95. The molecular formula is C17H19NO4. The Balaban J connectivity index is 2.15. The van der Waals surface area contributed by atoms with Crippen LogP contribution in [-0.4, -0.2) is 17.0 Å². The average molecular weight is 301 g/mol. The van der Waals surface area contributed by atoms with E-state index >= 15 is 0 Å². The Bertz CT molecular complexity index is 683. The van der Waals surface area contributed by atoms with Gasteiger partial charge in [-0.25, -0.2) is 4.79 Å². The number of hydrogen-bond acceptors (Lipinski definition) is 3. The Morgan fingerprint density at radius 3 is 2.36 bits per heavy atom. The minimum Gasteiger partial charge on any atom is -0.478 e. The fourth-order valence-corrected chi connectivity index (χ4v) is 2.14. The fraction of sp³-hybridized carbons (Fsp3) is 0.294. The fourth-order valence-electron chi connectivity index (χ4n) is 2.14. The summed E-state index contributed by atoms with van der Waals surface area (Å²) in [5.41, 5.74) is 1.54. The van der Waals surface area contributed by atoms with Crippen molar-refractivity contribution in [3.63, 3.8) is 0 Å². The number of aromatic carboxylic acids is 1. The normalized spacial score (nSPS) is 11.2. The molecule has 0 saturated carbocycles. The van der Waals surface area contributed by atoms with E-state index in [2.05, 4.69) is 12.2 Å². The number of amides is 1. The van der Waals surface area contributed by atoms with E-state index in [0.29, 0.717) is 0 Å². The summed E-state index contributed by atoms with van der Waals surface area (Å²) in [4.78, 5) is 23.0. The maximum atomic E-state index is 12.2. The Labute approximate surface area is 129 Å². The van der Waals surface area contributed by atoms with Gasteiger partial charge in [0.2, 0.25) is 0 Å². The number of furan rings is 1. The molecule has 0 bridgehead atoms. The summed E-state index contributed by atoms with van der Waals surface area (Å²) in [6.07, 6.45) is 2.01. The van der Waals surface area contributed by atoms with Gasteiger partial charge in [-0.3, -0.25) is 4.79 Å². The summed E-state index contributed by atoms with van der Waals surface area (Å²) in [5.74, 6) is -1.59. The molecule has 1 aromatic carbocycles. The Kier molecular flexibility index (Phi) is 4.35. The molecule has 116 valence electrons. The molecule has 1 aromatic heterocycles. The molecule has 0 spiro atoms. The number of hydrogen-bond donors (Lipinski definition) is 2. The molecule has 2 rings (SSSR count). The van der Waals surface area contributed by atoms with Crippen LogP contribution in [0.3, 0.4) is 0 Å². The minimum atomic E-state index is -1.13. The number of carbonyl (C=O) groups excluding carboxylic acids is 1. The molecule has 0 aliphatic rings. The second-order valence-electron chi connectivity index (χ2n) is 5.63. The van der Waals surface area contributed by atoms with Crippen LogP contribution in [0.25, 0.3) is 0 Å². The van der Waals surface area contributed by atoms with E-state index in [1.807, 2.05) is 38.1 Å². The monoisotopic (exact) mass is 301 g/mol. The lowest BCUT2D eigenvalue weighted by molar-refractivity contribution is 0.0695. The summed E-state index contributed by atoms with van der Waals surface area (Å²) >= 11 is 0. The zero-order valence-electron chi connectivity index (χ0n) is 12.8. The highest BCUT2D eigenvalue weighted by Crippen LogP contribution is 2.21. The molecule has 0 aliphatic carbocycles. The summed E-state index contributed by atoms with van der Waals surface area (Å²) in [6.45, 7) is 5.85. The zero-order valence-corrected chi connectivity index (χ0v) is 12.8. The lowest BCUT2D eigenvalue weighted by Crippen LogP contribution is -2.40. The van der Waals surface area contributed by atoms with E-state index in [1.54, 1.807) is 0 Å². The maximum absolute atomic E-state index is 12.2. The lowest BCUT2D eigenvalue weighted by Gasteiger charge is -2.26. The van der Waals surface area contributed by atoms with E-state index in [4.69, 9.17) is 9.52 Å². The third-order valence-electron chi connectivity index (χ3n) is 3.58. The number of nitrogens with one attached hydrogen (secondary N) is 1. The van der Waals surface area contributed by atoms with E-state index in [9.17, 15) is 9.59 Å². The molecule has 0 unspecified atom stereocenters. The maximum Gasteiger partial charge on any atom is 0.338 e. The van der Waals surface area contributed by atoms with Gasteiger partial charge in [0.05, 0.1) is 11.1 Å². The molecule has 0 atom stereocenters. The van der Waals surface area contributed by atoms with Crippen LogP contribution in [0.4, 0.5) is 0 Å². The van der Waals surface area contributed by atoms with Crippen LogP contribution in [-0.2, 0) is 12.0 Å². The zero-order chi connectivity index (χ0) is 16.3. The van der Waals surface area contributed by atoms with E-state index < -0.39 is 17.4 Å². The van der Waals surface area contributed by atoms with Crippen LogP contribution in [0.1, 0.15) is 52.8 Å². The van der Waals surface area contributed by atoms with Gasteiger partial charge in [-0.1, -0.05) is 31.2 Å². The third kappa shape index (κ3) is 3.36. The van der Waals surface area contributed by atoms with Crippen molar-refractivity contribution in [1.29, 1.82) is 0 Å². The van der Waals surface area contributed by atoms with Crippen LogP contribution < -0.4 is 5.32 Å². The van der Waals surface area contributed by atoms with Crippen LogP contribution >= 0.6 is 0 Å². The summed E-state index contributed by atoms with van der Waals surface area (Å²) in [7, 11) is 0. The van der Waals surface area contributed by atoms with Crippen molar-refractivity contribution in [3.8, 4) is 0 Å². The van der Waals surface area contributed by atoms with Gasteiger partial charge >= 0.3 is 5.97 Å². The standard InChI is InChI=1S/C17H19NO4/c1-4-11-5-7-13(8-6-11)17(2,3)18-15(19)14-9-12(10-22-14)16(20)21/h5-10H,4H2,1-3H3,(H,18,19)(H,20,21). The molecular weight excluding hydrogens is 282 g/mol.